The lowest BCUT2D eigenvalue weighted by molar-refractivity contribution is -0.161. The molecule has 10 heteroatoms. The topological polar surface area (TPSA) is 134 Å². The first-order chi connectivity index (χ1) is 29.8. The summed E-state index contributed by atoms with van der Waals surface area (Å²) in [6, 6.07) is 0. The molecule has 0 aromatic rings. The van der Waals surface area contributed by atoms with Gasteiger partial charge >= 0.3 is 19.8 Å². The van der Waals surface area contributed by atoms with Gasteiger partial charge < -0.3 is 20.1 Å². The highest BCUT2D eigenvalue weighted by Crippen LogP contribution is 2.43. The molecule has 0 saturated heterocycles. The second-order valence-electron chi connectivity index (χ2n) is 17.0. The van der Waals surface area contributed by atoms with Crippen molar-refractivity contribution in [3.63, 3.8) is 0 Å². The largest absolute Gasteiger partial charge is 0.472 e. The third-order valence-electron chi connectivity index (χ3n) is 11.0. The summed E-state index contributed by atoms with van der Waals surface area (Å²) in [5.41, 5.74) is 5.37. The molecule has 0 aliphatic heterocycles. The standard InChI is InChI=1S/C51H96NO8P/c1-3-5-7-9-11-13-15-17-19-21-22-23-24-25-26-28-30-32-34-36-38-40-42-44-51(54)60-49(48-59-61(55,56)58-46-45-52)47-57-50(53)43-41-39-37-35-33-31-29-27-20-18-16-14-12-10-8-6-4-2/h15,17,21-22,24-25,49H,3-14,16,18-20,23,26-48,52H2,1-2H3,(H,55,56)/b17-15-,22-21-,25-24-. The lowest BCUT2D eigenvalue weighted by Crippen LogP contribution is -2.29. The Balaban J connectivity index is 4.06. The van der Waals surface area contributed by atoms with Gasteiger partial charge in [0.15, 0.2) is 6.10 Å². The third kappa shape index (κ3) is 47.5. The molecule has 0 saturated carbocycles. The van der Waals surface area contributed by atoms with Gasteiger partial charge in [-0.3, -0.25) is 18.6 Å². The van der Waals surface area contributed by atoms with Crippen LogP contribution in [0.15, 0.2) is 36.5 Å². The molecule has 3 N–H and O–H groups in total. The number of rotatable bonds is 48. The maximum atomic E-state index is 12.6. The number of phosphoric ester groups is 1. The first-order valence-corrected chi connectivity index (χ1v) is 27.0. The molecule has 2 unspecified atom stereocenters. The van der Waals surface area contributed by atoms with Gasteiger partial charge in [-0.15, -0.1) is 0 Å². The van der Waals surface area contributed by atoms with Crippen LogP contribution < -0.4 is 5.73 Å². The lowest BCUT2D eigenvalue weighted by Gasteiger charge is -2.19. The number of carbonyl (C=O) groups is 2. The van der Waals surface area contributed by atoms with Gasteiger partial charge in [0.05, 0.1) is 13.2 Å². The van der Waals surface area contributed by atoms with Crippen LogP contribution in [0.1, 0.15) is 245 Å². The summed E-state index contributed by atoms with van der Waals surface area (Å²) in [6.07, 6.45) is 54.6. The Bertz CT molecular complexity index is 1100. The van der Waals surface area contributed by atoms with E-state index in [-0.39, 0.29) is 38.6 Å². The Morgan fingerprint density at radius 3 is 1.26 bits per heavy atom. The van der Waals surface area contributed by atoms with Gasteiger partial charge in [0.25, 0.3) is 0 Å². The highest BCUT2D eigenvalue weighted by atomic mass is 31.2. The predicted molar refractivity (Wildman–Crippen MR) is 257 cm³/mol. The van der Waals surface area contributed by atoms with E-state index in [1.54, 1.807) is 0 Å². The number of esters is 2. The first kappa shape index (κ1) is 59.2. The predicted octanol–water partition coefficient (Wildman–Crippen LogP) is 15.3. The molecular weight excluding hydrogens is 786 g/mol. The van der Waals surface area contributed by atoms with E-state index < -0.39 is 26.5 Å². The summed E-state index contributed by atoms with van der Waals surface area (Å²) >= 11 is 0. The number of unbranched alkanes of at least 4 members (excludes halogenated alkanes) is 29. The van der Waals surface area contributed by atoms with Crippen molar-refractivity contribution in [3.05, 3.63) is 36.5 Å². The number of ether oxygens (including phenoxy) is 2. The second kappa shape index (κ2) is 47.7. The monoisotopic (exact) mass is 882 g/mol. The highest BCUT2D eigenvalue weighted by molar-refractivity contribution is 7.47. The molecule has 0 aromatic heterocycles. The fraction of sp³-hybridized carbons (Fsp3) is 0.843. The summed E-state index contributed by atoms with van der Waals surface area (Å²) < 4.78 is 32.9. The molecule has 0 heterocycles. The molecule has 0 aliphatic carbocycles. The number of hydrogen-bond donors (Lipinski definition) is 2. The quantitative estimate of drug-likeness (QED) is 0.0265. The van der Waals surface area contributed by atoms with Gasteiger partial charge in [0, 0.05) is 19.4 Å². The molecule has 0 aromatic carbocycles. The number of carbonyl (C=O) groups excluding carboxylic acids is 2. The fourth-order valence-electron chi connectivity index (χ4n) is 7.23. The summed E-state index contributed by atoms with van der Waals surface area (Å²) in [7, 11) is -4.38. The minimum Gasteiger partial charge on any atom is -0.462 e. The van der Waals surface area contributed by atoms with Gasteiger partial charge in [0.1, 0.15) is 6.61 Å². The molecule has 0 spiro atoms. The van der Waals surface area contributed by atoms with Gasteiger partial charge in [-0.2, -0.15) is 0 Å². The van der Waals surface area contributed by atoms with Crippen LogP contribution in [-0.4, -0.2) is 49.3 Å². The van der Waals surface area contributed by atoms with E-state index in [1.807, 2.05) is 0 Å². The number of allylic oxidation sites excluding steroid dienone is 6. The van der Waals surface area contributed by atoms with Crippen molar-refractivity contribution in [2.75, 3.05) is 26.4 Å². The van der Waals surface area contributed by atoms with Crippen LogP contribution in [0.4, 0.5) is 0 Å². The molecule has 0 radical (unpaired) electrons. The summed E-state index contributed by atoms with van der Waals surface area (Å²) in [5, 5.41) is 0. The van der Waals surface area contributed by atoms with Gasteiger partial charge in [-0.1, -0.05) is 217 Å². The summed E-state index contributed by atoms with van der Waals surface area (Å²) in [5.74, 6) is -0.826. The van der Waals surface area contributed by atoms with Gasteiger partial charge in [-0.25, -0.2) is 4.57 Å². The number of nitrogens with two attached hydrogens (primary N) is 1. The van der Waals surface area contributed by atoms with E-state index in [1.165, 1.54) is 154 Å². The van der Waals surface area contributed by atoms with Crippen molar-refractivity contribution in [3.8, 4) is 0 Å². The Morgan fingerprint density at radius 2 is 0.852 bits per heavy atom. The summed E-state index contributed by atoms with van der Waals surface area (Å²) in [6.45, 7) is 3.75. The zero-order valence-corrected chi connectivity index (χ0v) is 40.5. The average Bonchev–Trinajstić information content (AvgIpc) is 3.25. The average molecular weight is 882 g/mol. The summed E-state index contributed by atoms with van der Waals surface area (Å²) in [4.78, 5) is 35.0. The molecule has 358 valence electrons. The molecule has 0 fully saturated rings. The highest BCUT2D eigenvalue weighted by Gasteiger charge is 2.26. The smallest absolute Gasteiger partial charge is 0.462 e. The van der Waals surface area contributed by atoms with Crippen molar-refractivity contribution in [1.29, 1.82) is 0 Å². The second-order valence-corrected chi connectivity index (χ2v) is 18.5. The molecular formula is C51H96NO8P. The first-order valence-electron chi connectivity index (χ1n) is 25.5. The van der Waals surface area contributed by atoms with E-state index in [2.05, 4.69) is 50.3 Å². The van der Waals surface area contributed by atoms with Crippen molar-refractivity contribution in [2.24, 2.45) is 5.73 Å². The van der Waals surface area contributed by atoms with Crippen molar-refractivity contribution >= 4 is 19.8 Å². The van der Waals surface area contributed by atoms with Crippen LogP contribution in [-0.2, 0) is 32.7 Å². The Hall–Kier alpha value is -1.77. The Kier molecular flexibility index (Phi) is 46.3. The normalized spacial score (nSPS) is 13.4. The zero-order valence-electron chi connectivity index (χ0n) is 39.7. The fourth-order valence-corrected chi connectivity index (χ4v) is 8.00. The number of phosphoric acid groups is 1. The van der Waals surface area contributed by atoms with Crippen LogP contribution in [0.25, 0.3) is 0 Å². The van der Waals surface area contributed by atoms with E-state index in [4.69, 9.17) is 24.3 Å². The van der Waals surface area contributed by atoms with Crippen LogP contribution >= 0.6 is 7.82 Å². The van der Waals surface area contributed by atoms with Crippen LogP contribution in [0, 0.1) is 0 Å². The SMILES string of the molecule is CCCCCCC/C=C\C/C=C\C/C=C\CCCCCCCCCCC(=O)OC(COC(=O)CCCCCCCCCCCCCCCCCCC)COP(=O)(O)OCCN. The molecule has 0 amide bonds. The molecule has 61 heavy (non-hydrogen) atoms. The minimum absolute atomic E-state index is 0.0528. The Morgan fingerprint density at radius 1 is 0.492 bits per heavy atom. The minimum atomic E-state index is -4.38. The molecule has 9 nitrogen and oxygen atoms in total. The maximum Gasteiger partial charge on any atom is 0.472 e. The molecule has 0 rings (SSSR count). The van der Waals surface area contributed by atoms with Crippen LogP contribution in [0.3, 0.4) is 0 Å². The van der Waals surface area contributed by atoms with Gasteiger partial charge in [0.2, 0.25) is 0 Å². The zero-order chi connectivity index (χ0) is 44.6. The lowest BCUT2D eigenvalue weighted by atomic mass is 10.0. The maximum absolute atomic E-state index is 12.6. The van der Waals surface area contributed by atoms with E-state index in [9.17, 15) is 19.0 Å². The van der Waals surface area contributed by atoms with Gasteiger partial charge in [-0.05, 0) is 51.4 Å². The third-order valence-corrected chi connectivity index (χ3v) is 12.0. The number of hydrogen-bond acceptors (Lipinski definition) is 8. The molecule has 0 aliphatic rings. The Labute approximate surface area is 375 Å². The van der Waals surface area contributed by atoms with Crippen LogP contribution in [0.5, 0.6) is 0 Å². The van der Waals surface area contributed by atoms with E-state index in [0.29, 0.717) is 6.42 Å². The van der Waals surface area contributed by atoms with E-state index >= 15 is 0 Å². The van der Waals surface area contributed by atoms with Crippen molar-refractivity contribution in [2.45, 2.75) is 251 Å². The van der Waals surface area contributed by atoms with E-state index in [0.717, 1.165) is 57.8 Å². The molecule has 2 atom stereocenters. The van der Waals surface area contributed by atoms with Crippen LogP contribution in [0.2, 0.25) is 0 Å². The van der Waals surface area contributed by atoms with Crippen molar-refractivity contribution in [1.82, 2.24) is 0 Å². The molecule has 0 bridgehead atoms. The van der Waals surface area contributed by atoms with Crippen molar-refractivity contribution < 1.29 is 37.6 Å².